The van der Waals surface area contributed by atoms with Gasteiger partial charge in [-0.15, -0.1) is 0 Å². The third kappa shape index (κ3) is 2.43. The lowest BCUT2D eigenvalue weighted by molar-refractivity contribution is 0.301. The Morgan fingerprint density at radius 3 is 2.71 bits per heavy atom. The van der Waals surface area contributed by atoms with Crippen molar-refractivity contribution >= 4 is 10.0 Å². The lowest BCUT2D eigenvalue weighted by atomic mass is 10.0. The molecule has 0 saturated carbocycles. The predicted octanol–water partition coefficient (Wildman–Crippen LogP) is 2.69. The highest BCUT2D eigenvalue weighted by atomic mass is 32.2. The fraction of sp³-hybridized carbons (Fsp3) is 0.412. The number of aromatic nitrogens is 2. The quantitative estimate of drug-likeness (QED) is 0.856. The minimum absolute atomic E-state index is 0.0107. The van der Waals surface area contributed by atoms with Crippen LogP contribution in [0.2, 0.25) is 0 Å². The second-order valence-electron chi connectivity index (χ2n) is 6.28. The molecule has 2 unspecified atom stereocenters. The number of sulfonamides is 1. The molecule has 24 heavy (non-hydrogen) atoms. The monoisotopic (exact) mass is 347 g/mol. The number of hydrogen-bond donors (Lipinski definition) is 0. The van der Waals surface area contributed by atoms with Crippen LogP contribution in [0.5, 0.6) is 0 Å². The molecular formula is C17H18FN3O2S. The van der Waals surface area contributed by atoms with Gasteiger partial charge in [-0.3, -0.25) is 0 Å². The van der Waals surface area contributed by atoms with Crippen molar-refractivity contribution in [3.05, 3.63) is 47.5 Å². The number of nitrogens with zero attached hydrogens (tertiary/aromatic N) is 3. The van der Waals surface area contributed by atoms with Crippen LogP contribution in [0.25, 0.3) is 11.4 Å². The van der Waals surface area contributed by atoms with Crippen molar-refractivity contribution in [2.45, 2.75) is 38.3 Å². The Labute approximate surface area is 140 Å². The van der Waals surface area contributed by atoms with Crippen molar-refractivity contribution in [2.24, 2.45) is 0 Å². The summed E-state index contributed by atoms with van der Waals surface area (Å²) in [7, 11) is -3.23. The number of halogens is 1. The van der Waals surface area contributed by atoms with Crippen LogP contribution in [0.1, 0.15) is 37.1 Å². The van der Waals surface area contributed by atoms with E-state index in [-0.39, 0.29) is 23.7 Å². The first-order chi connectivity index (χ1) is 11.5. The van der Waals surface area contributed by atoms with E-state index in [1.807, 2.05) is 0 Å². The summed E-state index contributed by atoms with van der Waals surface area (Å²) >= 11 is 0. The Morgan fingerprint density at radius 1 is 1.25 bits per heavy atom. The highest BCUT2D eigenvalue weighted by Crippen LogP contribution is 2.44. The Bertz CT molecular complexity index is 883. The minimum Gasteiger partial charge on any atom is -0.236 e. The third-order valence-corrected chi connectivity index (χ3v) is 6.84. The topological polar surface area (TPSA) is 63.2 Å². The molecule has 0 spiro atoms. The van der Waals surface area contributed by atoms with Crippen LogP contribution in [0.3, 0.4) is 0 Å². The van der Waals surface area contributed by atoms with E-state index in [0.717, 1.165) is 29.7 Å². The maximum absolute atomic E-state index is 13.1. The van der Waals surface area contributed by atoms with E-state index in [1.165, 1.54) is 12.1 Å². The molecule has 0 aliphatic carbocycles. The normalized spacial score (nSPS) is 23.2. The summed E-state index contributed by atoms with van der Waals surface area (Å²) in [6.45, 7) is 1.68. The van der Waals surface area contributed by atoms with Crippen LogP contribution in [0.15, 0.2) is 30.5 Å². The van der Waals surface area contributed by atoms with E-state index in [9.17, 15) is 12.8 Å². The average Bonchev–Trinajstić information content (AvgIpc) is 2.92. The molecule has 1 aromatic carbocycles. The standard InChI is InChI=1S/C17H18FN3O2S/c1-2-24(22,23)21-13-7-8-16(21)14-10-19-17(20-15(14)9-13)11-3-5-12(18)6-4-11/h3-6,10,13,16H,2,7-9H2,1H3. The van der Waals surface area contributed by atoms with E-state index in [1.54, 1.807) is 29.6 Å². The molecule has 2 aromatic rings. The molecule has 4 rings (SSSR count). The van der Waals surface area contributed by atoms with E-state index in [4.69, 9.17) is 0 Å². The summed E-state index contributed by atoms with van der Waals surface area (Å²) in [5.74, 6) is 0.374. The number of rotatable bonds is 3. The van der Waals surface area contributed by atoms with E-state index in [0.29, 0.717) is 12.2 Å². The van der Waals surface area contributed by atoms with Gasteiger partial charge in [0.05, 0.1) is 17.5 Å². The number of fused-ring (bicyclic) bond motifs is 4. The summed E-state index contributed by atoms with van der Waals surface area (Å²) < 4.78 is 39.5. The van der Waals surface area contributed by atoms with Crippen LogP contribution in [0, 0.1) is 5.82 Å². The van der Waals surface area contributed by atoms with E-state index >= 15 is 0 Å². The molecule has 1 fully saturated rings. The molecule has 126 valence electrons. The van der Waals surface area contributed by atoms with Gasteiger partial charge in [0.1, 0.15) is 5.82 Å². The van der Waals surface area contributed by atoms with Gasteiger partial charge in [-0.2, -0.15) is 4.31 Å². The van der Waals surface area contributed by atoms with Crippen LogP contribution >= 0.6 is 0 Å². The van der Waals surface area contributed by atoms with Gasteiger partial charge in [0, 0.05) is 29.8 Å². The lowest BCUT2D eigenvalue weighted by Crippen LogP contribution is -2.43. The molecule has 2 aliphatic heterocycles. The van der Waals surface area contributed by atoms with Gasteiger partial charge < -0.3 is 0 Å². The van der Waals surface area contributed by atoms with Crippen molar-refractivity contribution in [3.63, 3.8) is 0 Å². The second kappa shape index (κ2) is 5.60. The number of hydrogen-bond acceptors (Lipinski definition) is 4. The molecule has 3 heterocycles. The molecular weight excluding hydrogens is 329 g/mol. The van der Waals surface area contributed by atoms with Gasteiger partial charge >= 0.3 is 0 Å². The van der Waals surface area contributed by atoms with E-state index in [2.05, 4.69) is 9.97 Å². The molecule has 1 aromatic heterocycles. The van der Waals surface area contributed by atoms with Crippen molar-refractivity contribution in [2.75, 3.05) is 5.75 Å². The Hall–Kier alpha value is -1.86. The highest BCUT2D eigenvalue weighted by Gasteiger charge is 2.46. The van der Waals surface area contributed by atoms with Crippen LogP contribution in [0.4, 0.5) is 4.39 Å². The first-order valence-electron chi connectivity index (χ1n) is 8.12. The van der Waals surface area contributed by atoms with Gasteiger partial charge in [-0.25, -0.2) is 22.8 Å². The maximum atomic E-state index is 13.1. The zero-order valence-electron chi connectivity index (χ0n) is 13.3. The summed E-state index contributed by atoms with van der Waals surface area (Å²) in [6.07, 6.45) is 4.02. The third-order valence-electron chi connectivity index (χ3n) is 4.92. The first-order valence-corrected chi connectivity index (χ1v) is 9.73. The van der Waals surface area contributed by atoms with Crippen LogP contribution < -0.4 is 0 Å². The lowest BCUT2D eigenvalue weighted by Gasteiger charge is -2.34. The minimum atomic E-state index is -3.23. The maximum Gasteiger partial charge on any atom is 0.214 e. The van der Waals surface area contributed by atoms with Gasteiger partial charge in [0.2, 0.25) is 10.0 Å². The largest absolute Gasteiger partial charge is 0.236 e. The van der Waals surface area contributed by atoms with Crippen molar-refractivity contribution in [1.29, 1.82) is 0 Å². The molecule has 5 nitrogen and oxygen atoms in total. The van der Waals surface area contributed by atoms with Crippen molar-refractivity contribution in [3.8, 4) is 11.4 Å². The Kier molecular flexibility index (Phi) is 3.65. The smallest absolute Gasteiger partial charge is 0.214 e. The molecule has 0 radical (unpaired) electrons. The molecule has 2 atom stereocenters. The van der Waals surface area contributed by atoms with Crippen molar-refractivity contribution < 1.29 is 12.8 Å². The Morgan fingerprint density at radius 2 is 2.00 bits per heavy atom. The molecule has 0 N–H and O–H groups in total. The second-order valence-corrected chi connectivity index (χ2v) is 8.45. The molecule has 0 amide bonds. The van der Waals surface area contributed by atoms with Gasteiger partial charge in [0.15, 0.2) is 5.82 Å². The molecule has 7 heteroatoms. The van der Waals surface area contributed by atoms with E-state index < -0.39 is 10.0 Å². The molecule has 2 aliphatic rings. The van der Waals surface area contributed by atoms with Gasteiger partial charge in [-0.05, 0) is 44.0 Å². The van der Waals surface area contributed by atoms with Gasteiger partial charge in [0.25, 0.3) is 0 Å². The molecule has 2 bridgehead atoms. The summed E-state index contributed by atoms with van der Waals surface area (Å²) in [5, 5.41) is 0. The van der Waals surface area contributed by atoms with Crippen LogP contribution in [-0.2, 0) is 16.4 Å². The highest BCUT2D eigenvalue weighted by molar-refractivity contribution is 7.89. The van der Waals surface area contributed by atoms with Gasteiger partial charge in [-0.1, -0.05) is 0 Å². The summed E-state index contributed by atoms with van der Waals surface area (Å²) in [6, 6.07) is 5.92. The van der Waals surface area contributed by atoms with Crippen LogP contribution in [-0.4, -0.2) is 34.5 Å². The SMILES string of the molecule is CCS(=O)(=O)N1C2CCC1c1cnc(-c3ccc(F)cc3)nc1C2. The first kappa shape index (κ1) is 15.7. The predicted molar refractivity (Wildman–Crippen MR) is 88.2 cm³/mol. The summed E-state index contributed by atoms with van der Waals surface area (Å²) in [4.78, 5) is 9.04. The zero-order chi connectivity index (χ0) is 16.9. The Balaban J connectivity index is 1.74. The average molecular weight is 347 g/mol. The fourth-order valence-electron chi connectivity index (χ4n) is 3.74. The summed E-state index contributed by atoms with van der Waals surface area (Å²) in [5.41, 5.74) is 2.58. The molecule has 1 saturated heterocycles. The zero-order valence-corrected chi connectivity index (χ0v) is 14.1. The van der Waals surface area contributed by atoms with Crippen molar-refractivity contribution in [1.82, 2.24) is 14.3 Å². The fourth-order valence-corrected chi connectivity index (χ4v) is 5.28. The number of benzene rings is 1.